The number of ether oxygens (including phenoxy) is 2. The second-order valence-corrected chi connectivity index (χ2v) is 5.26. The molecule has 21 heavy (non-hydrogen) atoms. The number of hydrogen-bond donors (Lipinski definition) is 1. The topological polar surface area (TPSA) is 103 Å². The lowest BCUT2D eigenvalue weighted by atomic mass is 10.2. The number of carbonyl (C=O) groups is 1. The summed E-state index contributed by atoms with van der Waals surface area (Å²) in [5.74, 6) is -0.309. The number of methoxy groups -OCH3 is 2. The number of primary amides is 1. The molecular weight excluding hydrogens is 321 g/mol. The third kappa shape index (κ3) is 3.34. The first kappa shape index (κ1) is 16.2. The summed E-state index contributed by atoms with van der Waals surface area (Å²) in [7, 11) is 2.98. The Balaban J connectivity index is 2.38. The number of carbonyl (C=O) groups excluding carboxylic acids is 1. The summed E-state index contributed by atoms with van der Waals surface area (Å²) in [6.07, 6.45) is 0.587. The molecular formula is C11H15Cl2N5O3. The molecule has 0 spiro atoms. The molecule has 0 saturated heterocycles. The van der Waals surface area contributed by atoms with Gasteiger partial charge in [0.15, 0.2) is 6.29 Å². The van der Waals surface area contributed by atoms with Gasteiger partial charge in [0.05, 0.1) is 6.54 Å². The maximum Gasteiger partial charge on any atom is 0.243 e. The summed E-state index contributed by atoms with van der Waals surface area (Å²) in [4.78, 5) is 25.1. The standard InChI is InChI=1S/C11H15Cl2N5O3/c1-20-6(21-2)5-18(11(3-4-11)7(14)19)10-16-8(12)15-9(13)17-10/h6H,3-5H2,1-2H3,(H2,14,19). The molecule has 0 aromatic carbocycles. The lowest BCUT2D eigenvalue weighted by molar-refractivity contribution is -0.121. The van der Waals surface area contributed by atoms with Crippen LogP contribution in [0, 0.1) is 0 Å². The Kier molecular flexibility index (Phi) is 4.82. The predicted octanol–water partition coefficient (Wildman–Crippen LogP) is 0.622. The SMILES string of the molecule is COC(CN(c1nc(Cl)nc(Cl)n1)C1(C(N)=O)CC1)OC. The molecule has 1 fully saturated rings. The van der Waals surface area contributed by atoms with E-state index in [9.17, 15) is 4.79 Å². The predicted molar refractivity (Wildman–Crippen MR) is 76.2 cm³/mol. The van der Waals surface area contributed by atoms with Crippen molar-refractivity contribution in [2.45, 2.75) is 24.7 Å². The Morgan fingerprint density at radius 1 is 1.29 bits per heavy atom. The Morgan fingerprint density at radius 2 is 1.81 bits per heavy atom. The van der Waals surface area contributed by atoms with Gasteiger partial charge in [-0.25, -0.2) is 0 Å². The highest BCUT2D eigenvalue weighted by Gasteiger charge is 2.55. The van der Waals surface area contributed by atoms with E-state index in [-0.39, 0.29) is 23.1 Å². The van der Waals surface area contributed by atoms with Gasteiger partial charge in [0, 0.05) is 14.2 Å². The van der Waals surface area contributed by atoms with Crippen molar-refractivity contribution in [3.63, 3.8) is 0 Å². The van der Waals surface area contributed by atoms with Crippen LogP contribution in [-0.4, -0.2) is 53.5 Å². The van der Waals surface area contributed by atoms with Gasteiger partial charge in [0.1, 0.15) is 5.54 Å². The quantitative estimate of drug-likeness (QED) is 0.728. The zero-order chi connectivity index (χ0) is 15.6. The average molecular weight is 336 g/mol. The minimum Gasteiger partial charge on any atom is -0.368 e. The summed E-state index contributed by atoms with van der Waals surface area (Å²) >= 11 is 11.6. The van der Waals surface area contributed by atoms with Crippen LogP contribution in [0.15, 0.2) is 0 Å². The Morgan fingerprint density at radius 3 is 2.19 bits per heavy atom. The van der Waals surface area contributed by atoms with E-state index in [2.05, 4.69) is 15.0 Å². The number of nitrogens with two attached hydrogens (primary N) is 1. The van der Waals surface area contributed by atoms with E-state index in [4.69, 9.17) is 38.4 Å². The lowest BCUT2D eigenvalue weighted by Crippen LogP contribution is -2.51. The Hall–Kier alpha value is -1.22. The maximum atomic E-state index is 11.8. The molecule has 1 aromatic heterocycles. The highest BCUT2D eigenvalue weighted by molar-refractivity contribution is 6.31. The first-order valence-electron chi connectivity index (χ1n) is 6.13. The van der Waals surface area contributed by atoms with Crippen molar-refractivity contribution in [2.75, 3.05) is 25.7 Å². The molecule has 8 nitrogen and oxygen atoms in total. The molecule has 0 atom stereocenters. The number of halogens is 2. The summed E-state index contributed by atoms with van der Waals surface area (Å²) in [6, 6.07) is 0. The zero-order valence-electron chi connectivity index (χ0n) is 11.5. The number of anilines is 1. The Labute approximate surface area is 131 Å². The van der Waals surface area contributed by atoms with E-state index in [1.54, 1.807) is 4.90 Å². The second-order valence-electron chi connectivity index (χ2n) is 4.58. The first-order chi connectivity index (χ1) is 9.92. The molecule has 0 aliphatic heterocycles. The van der Waals surface area contributed by atoms with Crippen molar-refractivity contribution in [1.29, 1.82) is 0 Å². The minimum atomic E-state index is -0.872. The molecule has 1 aliphatic carbocycles. The molecule has 2 rings (SSSR count). The fraction of sp³-hybridized carbons (Fsp3) is 0.636. The fourth-order valence-corrected chi connectivity index (χ4v) is 2.40. The number of amides is 1. The lowest BCUT2D eigenvalue weighted by Gasteiger charge is -2.32. The number of aromatic nitrogens is 3. The summed E-state index contributed by atoms with van der Waals surface area (Å²) in [5.41, 5.74) is 4.63. The fourth-order valence-electron chi connectivity index (χ4n) is 2.05. The smallest absolute Gasteiger partial charge is 0.243 e. The highest BCUT2D eigenvalue weighted by atomic mass is 35.5. The molecule has 116 valence electrons. The molecule has 1 aliphatic rings. The van der Waals surface area contributed by atoms with Crippen LogP contribution >= 0.6 is 23.2 Å². The van der Waals surface area contributed by atoms with Crippen molar-refractivity contribution in [3.8, 4) is 0 Å². The van der Waals surface area contributed by atoms with E-state index in [0.717, 1.165) is 0 Å². The Bertz CT molecular complexity index is 516. The van der Waals surface area contributed by atoms with Crippen LogP contribution in [-0.2, 0) is 14.3 Å². The largest absolute Gasteiger partial charge is 0.368 e. The van der Waals surface area contributed by atoms with Gasteiger partial charge in [-0.1, -0.05) is 0 Å². The second kappa shape index (κ2) is 6.27. The zero-order valence-corrected chi connectivity index (χ0v) is 13.1. The van der Waals surface area contributed by atoms with Gasteiger partial charge >= 0.3 is 0 Å². The van der Waals surface area contributed by atoms with Crippen LogP contribution in [0.1, 0.15) is 12.8 Å². The van der Waals surface area contributed by atoms with Crippen LogP contribution < -0.4 is 10.6 Å². The number of rotatable bonds is 7. The molecule has 1 saturated carbocycles. The third-order valence-corrected chi connectivity index (χ3v) is 3.70. The van der Waals surface area contributed by atoms with E-state index < -0.39 is 17.7 Å². The summed E-state index contributed by atoms with van der Waals surface area (Å²) < 4.78 is 10.3. The van der Waals surface area contributed by atoms with E-state index >= 15 is 0 Å². The van der Waals surface area contributed by atoms with Crippen molar-refractivity contribution in [1.82, 2.24) is 15.0 Å². The highest BCUT2D eigenvalue weighted by Crippen LogP contribution is 2.43. The summed E-state index contributed by atoms with van der Waals surface area (Å²) in [5, 5.41) is -0.136. The van der Waals surface area contributed by atoms with Gasteiger partial charge in [0.2, 0.25) is 22.4 Å². The van der Waals surface area contributed by atoms with Gasteiger partial charge in [-0.2, -0.15) is 15.0 Å². The molecule has 10 heteroatoms. The number of nitrogens with zero attached hydrogens (tertiary/aromatic N) is 4. The van der Waals surface area contributed by atoms with Crippen LogP contribution in [0.5, 0.6) is 0 Å². The molecule has 0 radical (unpaired) electrons. The van der Waals surface area contributed by atoms with E-state index in [1.807, 2.05) is 0 Å². The van der Waals surface area contributed by atoms with Crippen LogP contribution in [0.4, 0.5) is 5.95 Å². The minimum absolute atomic E-state index is 0.0679. The average Bonchev–Trinajstić information content (AvgIpc) is 3.20. The van der Waals surface area contributed by atoms with Crippen LogP contribution in [0.3, 0.4) is 0 Å². The van der Waals surface area contributed by atoms with Gasteiger partial charge in [-0.3, -0.25) is 4.79 Å². The van der Waals surface area contributed by atoms with Gasteiger partial charge in [0.25, 0.3) is 0 Å². The van der Waals surface area contributed by atoms with Crippen LogP contribution in [0.25, 0.3) is 0 Å². The van der Waals surface area contributed by atoms with E-state index in [1.165, 1.54) is 14.2 Å². The maximum absolute atomic E-state index is 11.8. The van der Waals surface area contributed by atoms with Crippen molar-refractivity contribution in [2.24, 2.45) is 5.73 Å². The van der Waals surface area contributed by atoms with E-state index in [0.29, 0.717) is 12.8 Å². The summed E-state index contributed by atoms with van der Waals surface area (Å²) in [6.45, 7) is 0.201. The molecule has 1 heterocycles. The van der Waals surface area contributed by atoms with Crippen molar-refractivity contribution < 1.29 is 14.3 Å². The third-order valence-electron chi connectivity index (χ3n) is 3.37. The molecule has 2 N–H and O–H groups in total. The van der Waals surface area contributed by atoms with Crippen molar-refractivity contribution in [3.05, 3.63) is 10.6 Å². The molecule has 0 bridgehead atoms. The normalized spacial score (nSPS) is 16.0. The molecule has 0 unspecified atom stereocenters. The molecule has 1 amide bonds. The number of hydrogen-bond acceptors (Lipinski definition) is 7. The van der Waals surface area contributed by atoms with Crippen LogP contribution in [0.2, 0.25) is 10.6 Å². The molecule has 1 aromatic rings. The van der Waals surface area contributed by atoms with Gasteiger partial charge < -0.3 is 20.1 Å². The monoisotopic (exact) mass is 335 g/mol. The van der Waals surface area contributed by atoms with Crippen molar-refractivity contribution >= 4 is 35.1 Å². The van der Waals surface area contributed by atoms with Gasteiger partial charge in [-0.05, 0) is 36.0 Å². The first-order valence-corrected chi connectivity index (χ1v) is 6.89. The van der Waals surface area contributed by atoms with Gasteiger partial charge in [-0.15, -0.1) is 0 Å².